The summed E-state index contributed by atoms with van der Waals surface area (Å²) in [6.45, 7) is 3.27. The fourth-order valence-electron chi connectivity index (χ4n) is 3.05. The Hall–Kier alpha value is -2.92. The van der Waals surface area contributed by atoms with Gasteiger partial charge >= 0.3 is 0 Å². The predicted octanol–water partition coefficient (Wildman–Crippen LogP) is 4.77. The topological polar surface area (TPSA) is 175 Å². The Bertz CT molecular complexity index is 1480. The molecule has 0 saturated carbocycles. The first-order valence-electron chi connectivity index (χ1n) is 9.08. The molecule has 0 atom stereocenters. The third-order valence-corrected chi connectivity index (χ3v) is 7.00. The highest BCUT2D eigenvalue weighted by Crippen LogP contribution is 2.35. The van der Waals surface area contributed by atoms with Crippen LogP contribution in [0.3, 0.4) is 0 Å². The molecule has 2 aromatic heterocycles. The highest BCUT2D eigenvalue weighted by atomic mass is 32.2. The van der Waals surface area contributed by atoms with E-state index in [1.165, 1.54) is 28.2 Å². The Balaban J connectivity index is 1.63. The number of aromatic nitrogens is 3. The van der Waals surface area contributed by atoms with Crippen molar-refractivity contribution in [1.29, 1.82) is 0 Å². The van der Waals surface area contributed by atoms with Crippen LogP contribution >= 0.6 is 23.4 Å². The number of hydrogen-bond acceptors (Lipinski definition) is 12. The minimum absolute atomic E-state index is 0.193. The summed E-state index contributed by atoms with van der Waals surface area (Å²) in [4.78, 5) is 4.88. The van der Waals surface area contributed by atoms with Crippen molar-refractivity contribution in [3.8, 4) is 5.69 Å². The van der Waals surface area contributed by atoms with Crippen molar-refractivity contribution < 1.29 is 27.6 Å². The Morgan fingerprint density at radius 2 is 1.97 bits per heavy atom. The van der Waals surface area contributed by atoms with Gasteiger partial charge in [-0.1, -0.05) is 16.4 Å². The van der Waals surface area contributed by atoms with Crippen LogP contribution in [0.4, 0.5) is 16.6 Å². The van der Waals surface area contributed by atoms with E-state index in [-0.39, 0.29) is 10.7 Å². The number of thiazole rings is 1. The molecule has 0 unspecified atom stereocenters. The second-order valence-electron chi connectivity index (χ2n) is 6.71. The summed E-state index contributed by atoms with van der Waals surface area (Å²) in [5.41, 5.74) is 8.58. The lowest BCUT2D eigenvalue weighted by atomic mass is 10.2. The number of rotatable bonds is 7. The standard InChI is InChI=1S/C18H16N6O6S3/c1-9-7-11(3-6-15(9)33(26,27)28)24-17(19)16(10(2)23-24)21-22-18-20-13-8-12(32-30-29-25)4-5-14(13)31-18/h3-8,25H,19H2,1-2H3,(H,26,27,28)/b22-21+. The number of anilines is 1. The number of aryl methyl sites for hydroxylation is 2. The molecule has 15 heteroatoms. The first-order valence-corrected chi connectivity index (χ1v) is 12.1. The van der Waals surface area contributed by atoms with Crippen molar-refractivity contribution in [3.63, 3.8) is 0 Å². The van der Waals surface area contributed by atoms with Gasteiger partial charge in [0.1, 0.15) is 0 Å². The monoisotopic (exact) mass is 508 g/mol. The summed E-state index contributed by atoms with van der Waals surface area (Å²) >= 11 is 2.14. The zero-order chi connectivity index (χ0) is 23.8. The SMILES string of the molecule is Cc1cc(-n2nc(C)c(/N=N/c3nc4cc(SOOO)ccc4s3)c2N)ccc1S(=O)(=O)O. The summed E-state index contributed by atoms with van der Waals surface area (Å²) in [5.74, 6) is 0.205. The van der Waals surface area contributed by atoms with Gasteiger partial charge in [0.2, 0.25) is 5.13 Å². The number of hydrogen-bond donors (Lipinski definition) is 3. The first kappa shape index (κ1) is 23.2. The molecular formula is C18H16N6O6S3. The minimum Gasteiger partial charge on any atom is -0.382 e. The van der Waals surface area contributed by atoms with Gasteiger partial charge in [-0.25, -0.2) is 14.9 Å². The molecule has 2 heterocycles. The molecule has 4 aromatic rings. The number of benzene rings is 2. The second kappa shape index (κ2) is 9.14. The van der Waals surface area contributed by atoms with Gasteiger partial charge in [0, 0.05) is 4.90 Å². The summed E-state index contributed by atoms with van der Waals surface area (Å²) < 4.78 is 38.8. The summed E-state index contributed by atoms with van der Waals surface area (Å²) in [5, 5.41) is 25.0. The molecule has 4 rings (SSSR count). The Kier molecular flexibility index (Phi) is 6.44. The van der Waals surface area contributed by atoms with E-state index in [0.717, 1.165) is 16.7 Å². The van der Waals surface area contributed by atoms with Crippen LogP contribution in [0.5, 0.6) is 0 Å². The molecule has 2 aromatic carbocycles. The molecule has 12 nitrogen and oxygen atoms in total. The second-order valence-corrected chi connectivity index (χ2v) is 9.88. The fourth-order valence-corrected chi connectivity index (χ4v) is 4.91. The maximum absolute atomic E-state index is 11.4. The molecule has 0 aliphatic carbocycles. The molecule has 0 saturated heterocycles. The number of azo groups is 1. The van der Waals surface area contributed by atoms with Gasteiger partial charge in [0.25, 0.3) is 10.1 Å². The lowest BCUT2D eigenvalue weighted by molar-refractivity contribution is -0.432. The van der Waals surface area contributed by atoms with Crippen molar-refractivity contribution in [3.05, 3.63) is 47.7 Å². The van der Waals surface area contributed by atoms with E-state index in [1.54, 1.807) is 32.0 Å². The van der Waals surface area contributed by atoms with E-state index < -0.39 is 10.1 Å². The van der Waals surface area contributed by atoms with Crippen LogP contribution in [0.1, 0.15) is 11.3 Å². The lowest BCUT2D eigenvalue weighted by Crippen LogP contribution is -2.05. The maximum Gasteiger partial charge on any atom is 0.294 e. The van der Waals surface area contributed by atoms with E-state index in [2.05, 4.69) is 29.7 Å². The highest BCUT2D eigenvalue weighted by molar-refractivity contribution is 7.94. The van der Waals surface area contributed by atoms with Crippen LogP contribution in [0, 0.1) is 13.8 Å². The predicted molar refractivity (Wildman–Crippen MR) is 122 cm³/mol. The van der Waals surface area contributed by atoms with Crippen molar-refractivity contribution in [2.45, 2.75) is 23.6 Å². The molecule has 0 aliphatic rings. The maximum atomic E-state index is 11.4. The highest BCUT2D eigenvalue weighted by Gasteiger charge is 2.17. The third kappa shape index (κ3) is 4.88. The number of nitrogen functional groups attached to an aromatic ring is 1. The molecule has 172 valence electrons. The van der Waals surface area contributed by atoms with Crippen molar-refractivity contribution >= 4 is 60.4 Å². The van der Waals surface area contributed by atoms with Gasteiger partial charge < -0.3 is 5.73 Å². The average molecular weight is 509 g/mol. The molecule has 0 bridgehead atoms. The van der Waals surface area contributed by atoms with E-state index in [4.69, 9.17) is 11.0 Å². The van der Waals surface area contributed by atoms with Gasteiger partial charge in [0.05, 0.1) is 38.5 Å². The lowest BCUT2D eigenvalue weighted by Gasteiger charge is -2.07. The zero-order valence-corrected chi connectivity index (χ0v) is 19.5. The molecule has 33 heavy (non-hydrogen) atoms. The molecule has 0 spiro atoms. The Morgan fingerprint density at radius 1 is 1.18 bits per heavy atom. The van der Waals surface area contributed by atoms with Crippen LogP contribution in [0.15, 0.2) is 56.4 Å². The quantitative estimate of drug-likeness (QED) is 0.104. The molecule has 0 aliphatic heterocycles. The molecular weight excluding hydrogens is 492 g/mol. The molecule has 4 N–H and O–H groups in total. The number of nitrogens with zero attached hydrogens (tertiary/aromatic N) is 5. The van der Waals surface area contributed by atoms with Crippen LogP contribution < -0.4 is 5.73 Å². The Morgan fingerprint density at radius 3 is 2.67 bits per heavy atom. The minimum atomic E-state index is -4.33. The van der Waals surface area contributed by atoms with Crippen LogP contribution in [0.2, 0.25) is 0 Å². The summed E-state index contributed by atoms with van der Waals surface area (Å²) in [7, 11) is -4.33. The first-order chi connectivity index (χ1) is 15.7. The van der Waals surface area contributed by atoms with E-state index in [1.807, 2.05) is 6.07 Å². The molecule has 0 amide bonds. The van der Waals surface area contributed by atoms with E-state index in [0.29, 0.717) is 38.2 Å². The summed E-state index contributed by atoms with van der Waals surface area (Å²) in [6.07, 6.45) is 0. The number of fused-ring (bicyclic) bond motifs is 1. The van der Waals surface area contributed by atoms with Crippen molar-refractivity contribution in [1.82, 2.24) is 14.8 Å². The number of nitrogens with two attached hydrogens (primary N) is 1. The van der Waals surface area contributed by atoms with Crippen LogP contribution in [0.25, 0.3) is 15.9 Å². The molecule has 0 radical (unpaired) electrons. The molecule has 0 fully saturated rings. The summed E-state index contributed by atoms with van der Waals surface area (Å²) in [6, 6.07) is 9.64. The third-order valence-electron chi connectivity index (χ3n) is 4.49. The average Bonchev–Trinajstić information content (AvgIpc) is 3.29. The van der Waals surface area contributed by atoms with Gasteiger partial charge in [0.15, 0.2) is 11.5 Å². The van der Waals surface area contributed by atoms with Crippen molar-refractivity contribution in [2.75, 3.05) is 5.73 Å². The van der Waals surface area contributed by atoms with E-state index >= 15 is 0 Å². The zero-order valence-electron chi connectivity index (χ0n) is 17.0. The fraction of sp³-hybridized carbons (Fsp3) is 0.111. The van der Waals surface area contributed by atoms with E-state index in [9.17, 15) is 13.0 Å². The normalized spacial score (nSPS) is 12.2. The van der Waals surface area contributed by atoms with Gasteiger partial charge in [-0.05, 0) is 55.8 Å². The van der Waals surface area contributed by atoms with Crippen molar-refractivity contribution in [2.24, 2.45) is 10.2 Å². The largest absolute Gasteiger partial charge is 0.382 e. The van der Waals surface area contributed by atoms with Gasteiger partial charge in [-0.2, -0.15) is 13.5 Å². The van der Waals surface area contributed by atoms with Crippen LogP contribution in [-0.2, 0) is 19.5 Å². The van der Waals surface area contributed by atoms with Crippen LogP contribution in [-0.4, -0.2) is 33.0 Å². The smallest absolute Gasteiger partial charge is 0.294 e. The Labute approximate surface area is 195 Å². The van der Waals surface area contributed by atoms with Gasteiger partial charge in [-0.15, -0.1) is 14.6 Å². The van der Waals surface area contributed by atoms with Gasteiger partial charge in [-0.3, -0.25) is 4.55 Å².